The van der Waals surface area contributed by atoms with Crippen molar-refractivity contribution in [1.29, 1.82) is 10.5 Å². The van der Waals surface area contributed by atoms with E-state index < -0.39 is 5.41 Å². The van der Waals surface area contributed by atoms with Crippen molar-refractivity contribution in [2.75, 3.05) is 0 Å². The van der Waals surface area contributed by atoms with Crippen LogP contribution in [-0.4, -0.2) is 0 Å². The second kappa shape index (κ2) is 2.41. The third kappa shape index (κ3) is 0.870. The molecule has 2 nitrogen and oxygen atoms in total. The summed E-state index contributed by atoms with van der Waals surface area (Å²) >= 11 is 0. The number of benzene rings is 1. The number of nitrogens with zero attached hydrogens (tertiary/aromatic N) is 2. The Morgan fingerprint density at radius 2 is 1.53 bits per heavy atom. The average molecular weight is 194 g/mol. The van der Waals surface area contributed by atoms with Crippen LogP contribution in [0.5, 0.6) is 0 Å². The van der Waals surface area contributed by atoms with E-state index in [9.17, 15) is 0 Å². The van der Waals surface area contributed by atoms with E-state index in [1.165, 1.54) is 11.1 Å². The number of hydrogen-bond donors (Lipinski definition) is 0. The van der Waals surface area contributed by atoms with Gasteiger partial charge in [-0.25, -0.2) is 0 Å². The van der Waals surface area contributed by atoms with Crippen molar-refractivity contribution in [3.8, 4) is 12.1 Å². The first-order valence-corrected chi connectivity index (χ1v) is 5.15. The first kappa shape index (κ1) is 8.50. The van der Waals surface area contributed by atoms with Gasteiger partial charge in [0.1, 0.15) is 0 Å². The fourth-order valence-corrected chi connectivity index (χ4v) is 2.93. The molecule has 1 aromatic rings. The highest BCUT2D eigenvalue weighted by molar-refractivity contribution is 5.46. The Morgan fingerprint density at radius 1 is 1.00 bits per heavy atom. The number of nitriles is 2. The summed E-state index contributed by atoms with van der Waals surface area (Å²) in [5.41, 5.74) is 1.89. The minimum atomic E-state index is -0.702. The Kier molecular flexibility index (Phi) is 1.37. The molecule has 0 radical (unpaired) electrons. The summed E-state index contributed by atoms with van der Waals surface area (Å²) in [4.78, 5) is 0. The van der Waals surface area contributed by atoms with Crippen molar-refractivity contribution in [2.24, 2.45) is 10.8 Å². The van der Waals surface area contributed by atoms with Crippen LogP contribution in [0.15, 0.2) is 24.3 Å². The molecule has 0 aromatic heterocycles. The molecule has 0 amide bonds. The summed E-state index contributed by atoms with van der Waals surface area (Å²) in [6.45, 7) is 0. The number of hydrogen-bond acceptors (Lipinski definition) is 2. The van der Waals surface area contributed by atoms with Crippen molar-refractivity contribution in [3.05, 3.63) is 35.4 Å². The predicted molar refractivity (Wildman–Crippen MR) is 54.6 cm³/mol. The van der Waals surface area contributed by atoms with E-state index >= 15 is 0 Å². The molecule has 1 spiro atoms. The van der Waals surface area contributed by atoms with E-state index in [0.29, 0.717) is 0 Å². The molecule has 2 heteroatoms. The van der Waals surface area contributed by atoms with E-state index in [0.717, 1.165) is 19.3 Å². The lowest BCUT2D eigenvalue weighted by Crippen LogP contribution is -2.11. The molecule has 2 aliphatic rings. The minimum Gasteiger partial charge on any atom is -0.197 e. The van der Waals surface area contributed by atoms with Crippen molar-refractivity contribution in [1.82, 2.24) is 0 Å². The molecular formula is C13H10N2. The SMILES string of the molecule is N#CC1(C#N)CC12Cc1ccccc1C2. The third-order valence-electron chi connectivity index (χ3n) is 3.94. The van der Waals surface area contributed by atoms with E-state index in [2.05, 4.69) is 24.3 Å². The molecule has 0 saturated heterocycles. The molecule has 0 bridgehead atoms. The third-order valence-corrected chi connectivity index (χ3v) is 3.94. The number of fused-ring (bicyclic) bond motifs is 1. The second-order valence-electron chi connectivity index (χ2n) is 4.71. The second-order valence-corrected chi connectivity index (χ2v) is 4.71. The Balaban J connectivity index is 2.00. The van der Waals surface area contributed by atoms with Gasteiger partial charge in [-0.15, -0.1) is 0 Å². The van der Waals surface area contributed by atoms with Crippen LogP contribution in [0.2, 0.25) is 0 Å². The minimum absolute atomic E-state index is 0.0554. The summed E-state index contributed by atoms with van der Waals surface area (Å²) in [7, 11) is 0. The standard InChI is InChI=1S/C13H10N2/c14-8-13(9-15)7-12(13)5-10-3-1-2-4-11(10)6-12/h1-4H,5-7H2. The van der Waals surface area contributed by atoms with Crippen molar-refractivity contribution >= 4 is 0 Å². The summed E-state index contributed by atoms with van der Waals surface area (Å²) in [5, 5.41) is 18.2. The summed E-state index contributed by atoms with van der Waals surface area (Å²) in [6.07, 6.45) is 2.57. The van der Waals surface area contributed by atoms with Crippen LogP contribution in [0.1, 0.15) is 17.5 Å². The van der Waals surface area contributed by atoms with Gasteiger partial charge in [0.2, 0.25) is 0 Å². The molecule has 1 aromatic carbocycles. The van der Waals surface area contributed by atoms with Gasteiger partial charge in [0.15, 0.2) is 5.41 Å². The Hall–Kier alpha value is -1.80. The molecule has 0 heterocycles. The quantitative estimate of drug-likeness (QED) is 0.635. The normalized spacial score (nSPS) is 22.8. The lowest BCUT2D eigenvalue weighted by atomic mass is 9.92. The molecule has 3 rings (SSSR count). The van der Waals surface area contributed by atoms with Crippen LogP contribution >= 0.6 is 0 Å². The predicted octanol–water partition coefficient (Wildman–Crippen LogP) is 2.21. The zero-order chi connectivity index (χ0) is 10.5. The molecule has 15 heavy (non-hydrogen) atoms. The van der Waals surface area contributed by atoms with Gasteiger partial charge in [0.25, 0.3) is 0 Å². The van der Waals surface area contributed by atoms with Gasteiger partial charge in [0.05, 0.1) is 12.1 Å². The summed E-state index contributed by atoms with van der Waals surface area (Å²) in [5.74, 6) is 0. The van der Waals surface area contributed by atoms with Gasteiger partial charge in [-0.3, -0.25) is 0 Å². The number of rotatable bonds is 0. The fourth-order valence-electron chi connectivity index (χ4n) is 2.93. The molecule has 72 valence electrons. The fraction of sp³-hybridized carbons (Fsp3) is 0.385. The molecule has 0 unspecified atom stereocenters. The van der Waals surface area contributed by atoms with Crippen LogP contribution in [-0.2, 0) is 12.8 Å². The average Bonchev–Trinajstić information content (AvgIpc) is 2.71. The first-order chi connectivity index (χ1) is 7.25. The van der Waals surface area contributed by atoms with Crippen LogP contribution < -0.4 is 0 Å². The van der Waals surface area contributed by atoms with Gasteiger partial charge in [-0.05, 0) is 30.4 Å². The molecule has 0 atom stereocenters. The topological polar surface area (TPSA) is 47.6 Å². The van der Waals surface area contributed by atoms with Crippen LogP contribution in [0.3, 0.4) is 0 Å². The highest BCUT2D eigenvalue weighted by atomic mass is 14.7. The van der Waals surface area contributed by atoms with Gasteiger partial charge >= 0.3 is 0 Å². The van der Waals surface area contributed by atoms with E-state index in [1.807, 2.05) is 12.1 Å². The molecule has 1 saturated carbocycles. The molecule has 1 fully saturated rings. The van der Waals surface area contributed by atoms with Gasteiger partial charge < -0.3 is 0 Å². The first-order valence-electron chi connectivity index (χ1n) is 5.15. The van der Waals surface area contributed by atoms with E-state index in [-0.39, 0.29) is 5.41 Å². The lowest BCUT2D eigenvalue weighted by molar-refractivity contribution is 0.477. The van der Waals surface area contributed by atoms with Crippen LogP contribution in [0, 0.1) is 33.5 Å². The maximum absolute atomic E-state index is 9.09. The zero-order valence-corrected chi connectivity index (χ0v) is 8.33. The van der Waals surface area contributed by atoms with Crippen molar-refractivity contribution < 1.29 is 0 Å². The molecule has 0 N–H and O–H groups in total. The Labute approximate surface area is 88.8 Å². The zero-order valence-electron chi connectivity index (χ0n) is 8.33. The highest BCUT2D eigenvalue weighted by Gasteiger charge is 2.70. The molecule has 0 aliphatic heterocycles. The molecule has 2 aliphatic carbocycles. The van der Waals surface area contributed by atoms with Crippen LogP contribution in [0.25, 0.3) is 0 Å². The van der Waals surface area contributed by atoms with Crippen LogP contribution in [0.4, 0.5) is 0 Å². The van der Waals surface area contributed by atoms with Gasteiger partial charge in [-0.2, -0.15) is 10.5 Å². The van der Waals surface area contributed by atoms with Gasteiger partial charge in [-0.1, -0.05) is 24.3 Å². The smallest absolute Gasteiger partial charge is 0.150 e. The largest absolute Gasteiger partial charge is 0.197 e. The Bertz CT molecular complexity index is 477. The summed E-state index contributed by atoms with van der Waals surface area (Å²) < 4.78 is 0. The van der Waals surface area contributed by atoms with E-state index in [4.69, 9.17) is 10.5 Å². The molecular weight excluding hydrogens is 184 g/mol. The van der Waals surface area contributed by atoms with E-state index in [1.54, 1.807) is 0 Å². The Morgan fingerprint density at radius 3 is 1.93 bits per heavy atom. The maximum Gasteiger partial charge on any atom is 0.150 e. The van der Waals surface area contributed by atoms with Crippen molar-refractivity contribution in [2.45, 2.75) is 19.3 Å². The van der Waals surface area contributed by atoms with Crippen molar-refractivity contribution in [3.63, 3.8) is 0 Å². The monoisotopic (exact) mass is 194 g/mol. The summed E-state index contributed by atoms with van der Waals surface area (Å²) in [6, 6.07) is 12.7. The highest BCUT2D eigenvalue weighted by Crippen LogP contribution is 2.68. The lowest BCUT2D eigenvalue weighted by Gasteiger charge is -2.06. The maximum atomic E-state index is 9.09. The van der Waals surface area contributed by atoms with Gasteiger partial charge in [0, 0.05) is 5.41 Å².